The van der Waals surface area contributed by atoms with E-state index in [0.717, 1.165) is 32.2 Å². The summed E-state index contributed by atoms with van der Waals surface area (Å²) in [6.07, 6.45) is 4.13. The fourth-order valence-corrected chi connectivity index (χ4v) is 3.46. The number of aliphatic hydroxyl groups excluding tert-OH is 1. The van der Waals surface area contributed by atoms with Crippen LogP contribution in [0.3, 0.4) is 0 Å². The van der Waals surface area contributed by atoms with E-state index in [0.29, 0.717) is 24.8 Å². The Morgan fingerprint density at radius 2 is 1.88 bits per heavy atom. The van der Waals surface area contributed by atoms with Gasteiger partial charge in [0.15, 0.2) is 0 Å². The highest BCUT2D eigenvalue weighted by Crippen LogP contribution is 2.27. The SMILES string of the molecule is CCCC(CCC)N1CC[C@H](O)[C@@](O)(COc2ccc(F)cc2)C1. The zero-order valence-electron chi connectivity index (χ0n) is 14.7. The third kappa shape index (κ3) is 4.91. The lowest BCUT2D eigenvalue weighted by molar-refractivity contribution is -0.146. The number of likely N-dealkylation sites (tertiary alicyclic amines) is 1. The van der Waals surface area contributed by atoms with Crippen molar-refractivity contribution in [2.24, 2.45) is 0 Å². The number of benzene rings is 1. The lowest BCUT2D eigenvalue weighted by Gasteiger charge is -2.45. The van der Waals surface area contributed by atoms with E-state index in [1.54, 1.807) is 0 Å². The van der Waals surface area contributed by atoms with E-state index in [2.05, 4.69) is 18.7 Å². The molecule has 2 rings (SSSR count). The average molecular weight is 339 g/mol. The van der Waals surface area contributed by atoms with Crippen LogP contribution in [0.25, 0.3) is 0 Å². The Bertz CT molecular complexity index is 490. The van der Waals surface area contributed by atoms with E-state index in [-0.39, 0.29) is 12.4 Å². The molecule has 2 N–H and O–H groups in total. The first-order valence-corrected chi connectivity index (χ1v) is 9.01. The maximum absolute atomic E-state index is 13.0. The molecule has 1 saturated heterocycles. The summed E-state index contributed by atoms with van der Waals surface area (Å²) in [4.78, 5) is 2.29. The Kier molecular flexibility index (Phi) is 7.02. The van der Waals surface area contributed by atoms with Crippen molar-refractivity contribution < 1.29 is 19.3 Å². The molecule has 136 valence electrons. The molecule has 0 unspecified atom stereocenters. The maximum atomic E-state index is 13.0. The van der Waals surface area contributed by atoms with Gasteiger partial charge in [-0.15, -0.1) is 0 Å². The largest absolute Gasteiger partial charge is 0.490 e. The minimum absolute atomic E-state index is 0.00126. The summed E-state index contributed by atoms with van der Waals surface area (Å²) in [6, 6.07) is 6.14. The van der Waals surface area contributed by atoms with Gasteiger partial charge in [-0.2, -0.15) is 0 Å². The Labute approximate surface area is 144 Å². The van der Waals surface area contributed by atoms with Gasteiger partial charge in [0, 0.05) is 19.1 Å². The van der Waals surface area contributed by atoms with Gasteiger partial charge < -0.3 is 14.9 Å². The molecular weight excluding hydrogens is 309 g/mol. The number of ether oxygens (including phenoxy) is 1. The van der Waals surface area contributed by atoms with Crippen molar-refractivity contribution in [1.29, 1.82) is 0 Å². The normalized spacial score (nSPS) is 25.2. The monoisotopic (exact) mass is 339 g/mol. The van der Waals surface area contributed by atoms with E-state index in [9.17, 15) is 14.6 Å². The second kappa shape index (κ2) is 8.79. The van der Waals surface area contributed by atoms with Crippen molar-refractivity contribution in [1.82, 2.24) is 4.90 Å². The molecule has 2 atom stereocenters. The van der Waals surface area contributed by atoms with Gasteiger partial charge >= 0.3 is 0 Å². The zero-order chi connectivity index (χ0) is 17.6. The Morgan fingerprint density at radius 1 is 1.25 bits per heavy atom. The minimum atomic E-state index is -1.30. The van der Waals surface area contributed by atoms with E-state index < -0.39 is 11.7 Å². The van der Waals surface area contributed by atoms with Gasteiger partial charge in [-0.1, -0.05) is 26.7 Å². The highest BCUT2D eigenvalue weighted by molar-refractivity contribution is 5.22. The van der Waals surface area contributed by atoms with Gasteiger partial charge in [0.2, 0.25) is 0 Å². The van der Waals surface area contributed by atoms with Gasteiger partial charge in [-0.25, -0.2) is 4.39 Å². The van der Waals surface area contributed by atoms with Crippen LogP contribution in [-0.2, 0) is 0 Å². The number of hydrogen-bond donors (Lipinski definition) is 2. The Morgan fingerprint density at radius 3 is 2.46 bits per heavy atom. The molecular formula is C19H30FNO3. The first kappa shape index (κ1) is 19.2. The number of nitrogens with zero attached hydrogens (tertiary/aromatic N) is 1. The van der Waals surface area contributed by atoms with Crippen LogP contribution in [0, 0.1) is 5.82 Å². The van der Waals surface area contributed by atoms with Crippen molar-refractivity contribution in [2.45, 2.75) is 63.7 Å². The number of piperidine rings is 1. The van der Waals surface area contributed by atoms with Crippen LogP contribution < -0.4 is 4.74 Å². The van der Waals surface area contributed by atoms with E-state index >= 15 is 0 Å². The molecule has 0 spiro atoms. The molecule has 1 aliphatic rings. The smallest absolute Gasteiger partial charge is 0.137 e. The Hall–Kier alpha value is -1.17. The fraction of sp³-hybridized carbons (Fsp3) is 0.684. The second-order valence-corrected chi connectivity index (χ2v) is 6.85. The molecule has 0 amide bonds. The molecule has 1 aromatic rings. The van der Waals surface area contributed by atoms with Crippen molar-refractivity contribution in [2.75, 3.05) is 19.7 Å². The number of aliphatic hydroxyl groups is 2. The van der Waals surface area contributed by atoms with Crippen molar-refractivity contribution >= 4 is 0 Å². The number of β-amino-alcohol motifs (C(OH)–C–C–N with tert-alkyl or cyclic N) is 1. The van der Waals surface area contributed by atoms with Crippen molar-refractivity contribution in [3.05, 3.63) is 30.1 Å². The molecule has 5 heteroatoms. The quantitative estimate of drug-likeness (QED) is 0.764. The molecule has 1 aliphatic heterocycles. The summed E-state index contributed by atoms with van der Waals surface area (Å²) in [6.45, 7) is 5.54. The van der Waals surface area contributed by atoms with Crippen LogP contribution in [0.5, 0.6) is 5.75 Å². The summed E-state index contributed by atoms with van der Waals surface area (Å²) in [5, 5.41) is 21.2. The van der Waals surface area contributed by atoms with Crippen molar-refractivity contribution in [3.63, 3.8) is 0 Å². The predicted molar refractivity (Wildman–Crippen MR) is 92.6 cm³/mol. The summed E-state index contributed by atoms with van der Waals surface area (Å²) in [5.74, 6) is 0.166. The van der Waals surface area contributed by atoms with Crippen LogP contribution in [0.4, 0.5) is 4.39 Å². The minimum Gasteiger partial charge on any atom is -0.490 e. The molecule has 1 heterocycles. The summed E-state index contributed by atoms with van der Waals surface area (Å²) in [5.41, 5.74) is -1.30. The average Bonchev–Trinajstić information content (AvgIpc) is 2.57. The van der Waals surface area contributed by atoms with Crippen LogP contribution in [-0.4, -0.2) is 52.6 Å². The molecule has 24 heavy (non-hydrogen) atoms. The van der Waals surface area contributed by atoms with E-state index in [1.807, 2.05) is 0 Å². The number of halogens is 1. The third-order valence-corrected chi connectivity index (χ3v) is 4.85. The van der Waals surface area contributed by atoms with Crippen LogP contribution in [0.1, 0.15) is 46.0 Å². The molecule has 1 aromatic carbocycles. The molecule has 1 fully saturated rings. The van der Waals surface area contributed by atoms with Crippen LogP contribution >= 0.6 is 0 Å². The van der Waals surface area contributed by atoms with Gasteiger partial charge in [-0.05, 0) is 43.5 Å². The highest BCUT2D eigenvalue weighted by Gasteiger charge is 2.43. The van der Waals surface area contributed by atoms with Gasteiger partial charge in [0.1, 0.15) is 23.8 Å². The molecule has 4 nitrogen and oxygen atoms in total. The van der Waals surface area contributed by atoms with Gasteiger partial charge in [0.25, 0.3) is 0 Å². The van der Waals surface area contributed by atoms with Crippen LogP contribution in [0.15, 0.2) is 24.3 Å². The summed E-state index contributed by atoms with van der Waals surface area (Å²) in [7, 11) is 0. The van der Waals surface area contributed by atoms with E-state index in [1.165, 1.54) is 24.3 Å². The predicted octanol–water partition coefficient (Wildman–Crippen LogP) is 2.97. The first-order valence-electron chi connectivity index (χ1n) is 9.01. The summed E-state index contributed by atoms with van der Waals surface area (Å²) >= 11 is 0. The number of hydrogen-bond acceptors (Lipinski definition) is 4. The second-order valence-electron chi connectivity index (χ2n) is 6.85. The Balaban J connectivity index is 2.00. The third-order valence-electron chi connectivity index (χ3n) is 4.85. The number of rotatable bonds is 8. The topological polar surface area (TPSA) is 52.9 Å². The molecule has 0 bridgehead atoms. The van der Waals surface area contributed by atoms with Crippen molar-refractivity contribution in [3.8, 4) is 5.75 Å². The highest BCUT2D eigenvalue weighted by atomic mass is 19.1. The van der Waals surface area contributed by atoms with E-state index in [4.69, 9.17) is 4.74 Å². The lowest BCUT2D eigenvalue weighted by atomic mass is 9.88. The zero-order valence-corrected chi connectivity index (χ0v) is 14.7. The van der Waals surface area contributed by atoms with Crippen LogP contribution in [0.2, 0.25) is 0 Å². The molecule has 0 aliphatic carbocycles. The maximum Gasteiger partial charge on any atom is 0.137 e. The molecule has 0 saturated carbocycles. The molecule has 0 radical (unpaired) electrons. The molecule has 0 aromatic heterocycles. The van der Waals surface area contributed by atoms with Gasteiger partial charge in [-0.3, -0.25) is 4.90 Å². The fourth-order valence-electron chi connectivity index (χ4n) is 3.46. The van der Waals surface area contributed by atoms with Gasteiger partial charge in [0.05, 0.1) is 6.10 Å². The lowest BCUT2D eigenvalue weighted by Crippen LogP contribution is -2.61. The first-order chi connectivity index (χ1) is 11.5. The standard InChI is InChI=1S/C19H30FNO3/c1-3-5-16(6-4-2)21-12-11-18(22)19(23,13-21)14-24-17-9-7-15(20)8-10-17/h7-10,16,18,22-23H,3-6,11-14H2,1-2H3/t18-,19-/m0/s1. The summed E-state index contributed by atoms with van der Waals surface area (Å²) < 4.78 is 18.6.